The molecule has 0 radical (unpaired) electrons. The second-order valence-corrected chi connectivity index (χ2v) is 3.25. The summed E-state index contributed by atoms with van der Waals surface area (Å²) in [7, 11) is 0. The van der Waals surface area contributed by atoms with Gasteiger partial charge in [-0.15, -0.1) is 0 Å². The van der Waals surface area contributed by atoms with Gasteiger partial charge in [-0.3, -0.25) is 4.79 Å². The molecule has 0 bridgehead atoms. The largest absolute Gasteiger partial charge is 0.492 e. The Bertz CT molecular complexity index is 299. The fourth-order valence-electron chi connectivity index (χ4n) is 1.24. The normalized spacial score (nSPS) is 9.93. The number of nitrogens with one attached hydrogen (secondary N) is 1. The van der Waals surface area contributed by atoms with Crippen molar-refractivity contribution in [2.24, 2.45) is 0 Å². The zero-order valence-corrected chi connectivity index (χ0v) is 9.03. The Hall–Kier alpha value is -1.35. The van der Waals surface area contributed by atoms with Crippen molar-refractivity contribution in [2.45, 2.75) is 13.3 Å². The Balaban J connectivity index is 2.33. The average Bonchev–Trinajstić information content (AvgIpc) is 2.29. The highest BCUT2D eigenvalue weighted by Crippen LogP contribution is 2.14. The first-order valence-electron chi connectivity index (χ1n) is 5.26. The lowest BCUT2D eigenvalue weighted by atomic mass is 10.2. The molecule has 15 heavy (non-hydrogen) atoms. The number of rotatable bonds is 7. The average molecular weight is 207 g/mol. The molecule has 82 valence electrons. The summed E-state index contributed by atoms with van der Waals surface area (Å²) in [6, 6.07) is 7.25. The third-order valence-corrected chi connectivity index (χ3v) is 2.01. The van der Waals surface area contributed by atoms with Gasteiger partial charge in [0.25, 0.3) is 0 Å². The van der Waals surface area contributed by atoms with Gasteiger partial charge >= 0.3 is 0 Å². The highest BCUT2D eigenvalue weighted by molar-refractivity contribution is 5.79. The molecule has 0 saturated carbocycles. The summed E-state index contributed by atoms with van der Waals surface area (Å²) in [5, 5.41) is 3.23. The molecule has 0 aliphatic heterocycles. The molecule has 0 fully saturated rings. The maximum absolute atomic E-state index is 10.7. The van der Waals surface area contributed by atoms with Crippen LogP contribution in [0.1, 0.15) is 23.7 Å². The number of para-hydroxylation sites is 1. The van der Waals surface area contributed by atoms with Gasteiger partial charge in [0, 0.05) is 6.54 Å². The smallest absolute Gasteiger partial charge is 0.153 e. The van der Waals surface area contributed by atoms with Gasteiger partial charge in [-0.25, -0.2) is 0 Å². The molecule has 0 aliphatic rings. The van der Waals surface area contributed by atoms with E-state index in [1.165, 1.54) is 0 Å². The quantitative estimate of drug-likeness (QED) is 0.548. The predicted molar refractivity (Wildman–Crippen MR) is 60.5 cm³/mol. The van der Waals surface area contributed by atoms with Crippen molar-refractivity contribution in [1.82, 2.24) is 5.32 Å². The van der Waals surface area contributed by atoms with E-state index in [0.29, 0.717) is 17.9 Å². The minimum atomic E-state index is 0.588. The number of hydrogen-bond acceptors (Lipinski definition) is 3. The van der Waals surface area contributed by atoms with Crippen LogP contribution in [0, 0.1) is 0 Å². The van der Waals surface area contributed by atoms with E-state index in [4.69, 9.17) is 4.74 Å². The van der Waals surface area contributed by atoms with Crippen LogP contribution in [0.4, 0.5) is 0 Å². The summed E-state index contributed by atoms with van der Waals surface area (Å²) in [5.74, 6) is 0.658. The molecular weight excluding hydrogens is 190 g/mol. The first kappa shape index (κ1) is 11.7. The van der Waals surface area contributed by atoms with Gasteiger partial charge in [0.1, 0.15) is 12.4 Å². The van der Waals surface area contributed by atoms with Crippen LogP contribution in [0.5, 0.6) is 5.75 Å². The monoisotopic (exact) mass is 207 g/mol. The number of hydrogen-bond donors (Lipinski definition) is 1. The van der Waals surface area contributed by atoms with Gasteiger partial charge in [-0.2, -0.15) is 0 Å². The third kappa shape index (κ3) is 4.13. The number of carbonyl (C=O) groups excluding carboxylic acids is 1. The van der Waals surface area contributed by atoms with Crippen LogP contribution in [0.25, 0.3) is 0 Å². The Morgan fingerprint density at radius 2 is 2.13 bits per heavy atom. The third-order valence-electron chi connectivity index (χ3n) is 2.01. The van der Waals surface area contributed by atoms with Crippen molar-refractivity contribution in [1.29, 1.82) is 0 Å². The van der Waals surface area contributed by atoms with Crippen LogP contribution in [-0.2, 0) is 0 Å². The summed E-state index contributed by atoms with van der Waals surface area (Å²) in [5.41, 5.74) is 0.605. The van der Waals surface area contributed by atoms with Crippen molar-refractivity contribution in [3.63, 3.8) is 0 Å². The summed E-state index contributed by atoms with van der Waals surface area (Å²) >= 11 is 0. The lowest BCUT2D eigenvalue weighted by Crippen LogP contribution is -2.21. The first-order valence-corrected chi connectivity index (χ1v) is 5.26. The second-order valence-electron chi connectivity index (χ2n) is 3.25. The molecule has 1 rings (SSSR count). The zero-order valence-electron chi connectivity index (χ0n) is 9.03. The molecule has 3 nitrogen and oxygen atoms in total. The van der Waals surface area contributed by atoms with Crippen LogP contribution in [-0.4, -0.2) is 26.0 Å². The van der Waals surface area contributed by atoms with Gasteiger partial charge < -0.3 is 10.1 Å². The maximum atomic E-state index is 10.7. The molecule has 0 atom stereocenters. The molecule has 0 amide bonds. The Kier molecular flexibility index (Phi) is 5.48. The van der Waals surface area contributed by atoms with E-state index in [2.05, 4.69) is 12.2 Å². The van der Waals surface area contributed by atoms with Crippen LogP contribution in [0.15, 0.2) is 24.3 Å². The van der Waals surface area contributed by atoms with Crippen molar-refractivity contribution in [2.75, 3.05) is 19.7 Å². The van der Waals surface area contributed by atoms with Gasteiger partial charge in [0.2, 0.25) is 0 Å². The van der Waals surface area contributed by atoms with E-state index in [-0.39, 0.29) is 0 Å². The van der Waals surface area contributed by atoms with E-state index in [9.17, 15) is 4.79 Å². The van der Waals surface area contributed by atoms with Crippen molar-refractivity contribution >= 4 is 6.29 Å². The van der Waals surface area contributed by atoms with E-state index in [1.54, 1.807) is 6.07 Å². The lowest BCUT2D eigenvalue weighted by Gasteiger charge is -2.08. The summed E-state index contributed by atoms with van der Waals surface area (Å²) in [6.45, 7) is 4.51. The van der Waals surface area contributed by atoms with E-state index < -0.39 is 0 Å². The minimum Gasteiger partial charge on any atom is -0.492 e. The fraction of sp³-hybridized carbons (Fsp3) is 0.417. The van der Waals surface area contributed by atoms with Gasteiger partial charge in [0.15, 0.2) is 6.29 Å². The maximum Gasteiger partial charge on any atom is 0.153 e. The van der Waals surface area contributed by atoms with E-state index in [0.717, 1.165) is 25.8 Å². The highest BCUT2D eigenvalue weighted by atomic mass is 16.5. The summed E-state index contributed by atoms with van der Waals surface area (Å²) in [6.07, 6.45) is 1.93. The van der Waals surface area contributed by atoms with E-state index >= 15 is 0 Å². The summed E-state index contributed by atoms with van der Waals surface area (Å²) < 4.78 is 5.48. The number of benzene rings is 1. The van der Waals surface area contributed by atoms with Crippen molar-refractivity contribution in [3.05, 3.63) is 29.8 Å². The van der Waals surface area contributed by atoms with Gasteiger partial charge in [-0.05, 0) is 25.1 Å². The van der Waals surface area contributed by atoms with Crippen LogP contribution >= 0.6 is 0 Å². The molecule has 0 saturated heterocycles. The molecule has 1 N–H and O–H groups in total. The lowest BCUT2D eigenvalue weighted by molar-refractivity contribution is 0.111. The van der Waals surface area contributed by atoms with Gasteiger partial charge in [-0.1, -0.05) is 19.1 Å². The molecule has 3 heteroatoms. The Morgan fingerprint density at radius 3 is 2.87 bits per heavy atom. The fourth-order valence-corrected chi connectivity index (χ4v) is 1.24. The highest BCUT2D eigenvalue weighted by Gasteiger charge is 1.99. The molecule has 0 aromatic heterocycles. The standard InChI is InChI=1S/C12H17NO2/c1-2-7-13-8-9-15-12-6-4-3-5-11(12)10-14/h3-6,10,13H,2,7-9H2,1H3. The molecule has 1 aromatic rings. The molecule has 0 aliphatic carbocycles. The first-order chi connectivity index (χ1) is 7.38. The molecule has 0 spiro atoms. The SMILES string of the molecule is CCCNCCOc1ccccc1C=O. The van der Waals surface area contributed by atoms with E-state index in [1.807, 2.05) is 18.2 Å². The Labute approximate surface area is 90.4 Å². The predicted octanol–water partition coefficient (Wildman–Crippen LogP) is 1.88. The molecule has 0 heterocycles. The number of ether oxygens (including phenoxy) is 1. The number of carbonyl (C=O) groups is 1. The summed E-state index contributed by atoms with van der Waals surface area (Å²) in [4.78, 5) is 10.7. The van der Waals surface area contributed by atoms with Gasteiger partial charge in [0.05, 0.1) is 5.56 Å². The molecular formula is C12H17NO2. The number of aldehydes is 1. The van der Waals surface area contributed by atoms with Crippen molar-refractivity contribution < 1.29 is 9.53 Å². The van der Waals surface area contributed by atoms with Crippen LogP contribution < -0.4 is 10.1 Å². The zero-order chi connectivity index (χ0) is 10.9. The van der Waals surface area contributed by atoms with Crippen LogP contribution in [0.3, 0.4) is 0 Å². The Morgan fingerprint density at radius 1 is 1.33 bits per heavy atom. The van der Waals surface area contributed by atoms with Crippen LogP contribution in [0.2, 0.25) is 0 Å². The topological polar surface area (TPSA) is 38.3 Å². The van der Waals surface area contributed by atoms with Crippen molar-refractivity contribution in [3.8, 4) is 5.75 Å². The second kappa shape index (κ2) is 7.01. The molecule has 0 unspecified atom stereocenters. The minimum absolute atomic E-state index is 0.588. The molecule has 1 aromatic carbocycles.